The van der Waals surface area contributed by atoms with Gasteiger partial charge in [-0.25, -0.2) is 0 Å². The van der Waals surface area contributed by atoms with Gasteiger partial charge in [0, 0.05) is 0 Å². The number of methoxy groups -OCH3 is 4. The second kappa shape index (κ2) is 22.8. The molecule has 4 nitrogen and oxygen atoms in total. The van der Waals surface area contributed by atoms with E-state index in [9.17, 15) is 0 Å². The highest BCUT2D eigenvalue weighted by Gasteiger charge is 2.01. The highest BCUT2D eigenvalue weighted by atomic mass is 16.5. The molecule has 0 atom stereocenters. The molecule has 8 aromatic rings. The Balaban J connectivity index is 0.000000152. The highest BCUT2D eigenvalue weighted by Crippen LogP contribution is 2.26. The van der Waals surface area contributed by atoms with Gasteiger partial charge in [0.1, 0.15) is 23.0 Å². The molecule has 8 aromatic carbocycles. The Bertz CT molecular complexity index is 2270. The lowest BCUT2D eigenvalue weighted by molar-refractivity contribution is 0.415. The number of hydrogen-bond donors (Lipinski definition) is 0. The van der Waals surface area contributed by atoms with E-state index in [-0.39, 0.29) is 0 Å². The highest BCUT2D eigenvalue weighted by molar-refractivity contribution is 5.67. The van der Waals surface area contributed by atoms with Crippen LogP contribution in [0.25, 0.3) is 44.5 Å². The molecule has 0 aliphatic carbocycles. The van der Waals surface area contributed by atoms with Crippen LogP contribution in [0.1, 0.15) is 22.3 Å². The van der Waals surface area contributed by atoms with Gasteiger partial charge in [-0.15, -0.1) is 0 Å². The maximum Gasteiger partial charge on any atom is 0.119 e. The van der Waals surface area contributed by atoms with Crippen LogP contribution in [0.15, 0.2) is 194 Å². The Kier molecular flexibility index (Phi) is 16.7. The van der Waals surface area contributed by atoms with Gasteiger partial charge in [0.2, 0.25) is 0 Å². The maximum absolute atomic E-state index is 5.20. The predicted octanol–water partition coefficient (Wildman–Crippen LogP) is 14.7. The third-order valence-corrected chi connectivity index (χ3v) is 9.86. The van der Waals surface area contributed by atoms with E-state index in [1.54, 1.807) is 28.4 Å². The zero-order chi connectivity index (χ0) is 42.7. The van der Waals surface area contributed by atoms with Gasteiger partial charge in [0.05, 0.1) is 28.4 Å². The lowest BCUT2D eigenvalue weighted by atomic mass is 10.0. The molecule has 0 unspecified atom stereocenters. The molecule has 0 aromatic heterocycles. The number of ether oxygens (including phenoxy) is 4. The SMILES string of the molecule is COc1ccc(-c2ccc(C)cc2)cc1.COc1ccc(-c2ccc(C)cc2)cc1.COc1cccc(-c2ccc(C)cc2)c1.COc1cccc(-c2ccc(C)cc2)c1. The summed E-state index contributed by atoms with van der Waals surface area (Å²) in [5, 5.41) is 0. The molecule has 0 bridgehead atoms. The van der Waals surface area contributed by atoms with Crippen molar-refractivity contribution in [2.45, 2.75) is 27.7 Å². The molecule has 0 aliphatic rings. The fourth-order valence-electron chi connectivity index (χ4n) is 6.16. The number of rotatable bonds is 8. The largest absolute Gasteiger partial charge is 0.497 e. The fraction of sp³-hybridized carbons (Fsp3) is 0.143. The molecule has 304 valence electrons. The van der Waals surface area contributed by atoms with Crippen LogP contribution in [0, 0.1) is 27.7 Å². The van der Waals surface area contributed by atoms with Gasteiger partial charge in [-0.2, -0.15) is 0 Å². The summed E-state index contributed by atoms with van der Waals surface area (Å²) >= 11 is 0. The standard InChI is InChI=1S/4C14H14O/c2*1-11-3-5-12(6-4-11)13-7-9-14(15-2)10-8-13;2*1-11-6-8-12(9-7-11)13-4-3-5-14(10-13)15-2/h4*3-10H,1-2H3. The fourth-order valence-corrected chi connectivity index (χ4v) is 6.16. The molecule has 0 heterocycles. The predicted molar refractivity (Wildman–Crippen MR) is 253 cm³/mol. The third-order valence-electron chi connectivity index (χ3n) is 9.86. The molecule has 0 saturated carbocycles. The molecule has 0 N–H and O–H groups in total. The molecule has 60 heavy (non-hydrogen) atoms. The van der Waals surface area contributed by atoms with Crippen molar-refractivity contribution in [1.82, 2.24) is 0 Å². The molecule has 4 heteroatoms. The molecule has 0 spiro atoms. The minimum atomic E-state index is 0.894. The van der Waals surface area contributed by atoms with Crippen LogP contribution in [0.2, 0.25) is 0 Å². The molecule has 0 aliphatic heterocycles. The number of benzene rings is 8. The summed E-state index contributed by atoms with van der Waals surface area (Å²) in [6.07, 6.45) is 0. The molecule has 0 fully saturated rings. The molecular formula is C56H56O4. The number of hydrogen-bond acceptors (Lipinski definition) is 4. The summed E-state index contributed by atoms with van der Waals surface area (Å²) in [7, 11) is 6.74. The van der Waals surface area contributed by atoms with Crippen molar-refractivity contribution >= 4 is 0 Å². The van der Waals surface area contributed by atoms with Crippen LogP contribution in [0.4, 0.5) is 0 Å². The molecular weight excluding hydrogens is 737 g/mol. The van der Waals surface area contributed by atoms with Gasteiger partial charge in [-0.3, -0.25) is 0 Å². The van der Waals surface area contributed by atoms with E-state index < -0.39 is 0 Å². The maximum atomic E-state index is 5.20. The molecule has 0 saturated heterocycles. The van der Waals surface area contributed by atoms with Crippen LogP contribution in [-0.4, -0.2) is 28.4 Å². The summed E-state index contributed by atoms with van der Waals surface area (Å²) in [5.74, 6) is 3.58. The average molecular weight is 793 g/mol. The van der Waals surface area contributed by atoms with Crippen LogP contribution < -0.4 is 18.9 Å². The summed E-state index contributed by atoms with van der Waals surface area (Å²) in [5.41, 5.74) is 14.9. The molecule has 0 amide bonds. The minimum Gasteiger partial charge on any atom is -0.497 e. The van der Waals surface area contributed by atoms with Gasteiger partial charge < -0.3 is 18.9 Å². The Labute approximate surface area is 357 Å². The average Bonchev–Trinajstić information content (AvgIpc) is 3.31. The van der Waals surface area contributed by atoms with E-state index in [1.807, 2.05) is 60.7 Å². The summed E-state index contributed by atoms with van der Waals surface area (Å²) < 4.78 is 20.6. The first kappa shape index (κ1) is 44.1. The van der Waals surface area contributed by atoms with Gasteiger partial charge in [0.15, 0.2) is 0 Å². The van der Waals surface area contributed by atoms with E-state index in [1.165, 1.54) is 66.8 Å². The monoisotopic (exact) mass is 792 g/mol. The van der Waals surface area contributed by atoms with E-state index in [4.69, 9.17) is 18.9 Å². The van der Waals surface area contributed by atoms with Crippen molar-refractivity contribution < 1.29 is 18.9 Å². The zero-order valence-corrected chi connectivity index (χ0v) is 36.1. The topological polar surface area (TPSA) is 36.9 Å². The summed E-state index contributed by atoms with van der Waals surface area (Å²) in [6.45, 7) is 8.38. The quantitative estimate of drug-likeness (QED) is 0.154. The third kappa shape index (κ3) is 13.5. The lowest BCUT2D eigenvalue weighted by Gasteiger charge is -2.04. The Morgan fingerprint density at radius 1 is 0.217 bits per heavy atom. The van der Waals surface area contributed by atoms with E-state index in [0.29, 0.717) is 0 Å². The Morgan fingerprint density at radius 2 is 0.433 bits per heavy atom. The molecule has 8 rings (SSSR count). The second-order valence-electron chi connectivity index (χ2n) is 14.4. The Morgan fingerprint density at radius 3 is 0.667 bits per heavy atom. The second-order valence-corrected chi connectivity index (χ2v) is 14.4. The van der Waals surface area contributed by atoms with Crippen molar-refractivity contribution in [2.24, 2.45) is 0 Å². The van der Waals surface area contributed by atoms with E-state index in [0.717, 1.165) is 23.0 Å². The number of aryl methyl sites for hydroxylation is 4. The van der Waals surface area contributed by atoms with Crippen molar-refractivity contribution in [1.29, 1.82) is 0 Å². The van der Waals surface area contributed by atoms with E-state index >= 15 is 0 Å². The smallest absolute Gasteiger partial charge is 0.119 e. The minimum absolute atomic E-state index is 0.894. The van der Waals surface area contributed by atoms with Crippen molar-refractivity contribution in [3.05, 3.63) is 216 Å². The normalized spacial score (nSPS) is 10.0. The van der Waals surface area contributed by atoms with Gasteiger partial charge in [0.25, 0.3) is 0 Å². The first-order valence-corrected chi connectivity index (χ1v) is 20.0. The Hall–Kier alpha value is -7.04. The first-order chi connectivity index (χ1) is 29.2. The van der Waals surface area contributed by atoms with Gasteiger partial charge >= 0.3 is 0 Å². The van der Waals surface area contributed by atoms with Crippen molar-refractivity contribution in [3.63, 3.8) is 0 Å². The van der Waals surface area contributed by atoms with Gasteiger partial charge in [-0.1, -0.05) is 168 Å². The first-order valence-electron chi connectivity index (χ1n) is 20.0. The van der Waals surface area contributed by atoms with E-state index in [2.05, 4.69) is 161 Å². The van der Waals surface area contributed by atoms with Gasteiger partial charge in [-0.05, 0) is 121 Å². The summed E-state index contributed by atoms with van der Waals surface area (Å²) in [6, 6.07) is 66.5. The van der Waals surface area contributed by atoms with Crippen LogP contribution in [0.3, 0.4) is 0 Å². The molecule has 0 radical (unpaired) electrons. The summed E-state index contributed by atoms with van der Waals surface area (Å²) in [4.78, 5) is 0. The lowest BCUT2D eigenvalue weighted by Crippen LogP contribution is -1.83. The van der Waals surface area contributed by atoms with Crippen LogP contribution in [0.5, 0.6) is 23.0 Å². The van der Waals surface area contributed by atoms with Crippen LogP contribution in [-0.2, 0) is 0 Å². The van der Waals surface area contributed by atoms with Crippen molar-refractivity contribution in [2.75, 3.05) is 28.4 Å². The van der Waals surface area contributed by atoms with Crippen LogP contribution >= 0.6 is 0 Å². The van der Waals surface area contributed by atoms with Crippen molar-refractivity contribution in [3.8, 4) is 67.5 Å². The zero-order valence-electron chi connectivity index (χ0n) is 36.1.